The summed E-state index contributed by atoms with van der Waals surface area (Å²) in [5, 5.41) is 11.7. The second kappa shape index (κ2) is 6.39. The third-order valence-electron chi connectivity index (χ3n) is 3.30. The van der Waals surface area contributed by atoms with Crippen LogP contribution in [0.3, 0.4) is 0 Å². The first-order chi connectivity index (χ1) is 10.0. The predicted molar refractivity (Wildman–Crippen MR) is 78.3 cm³/mol. The van der Waals surface area contributed by atoms with Gasteiger partial charge in [0, 0.05) is 12.4 Å². The van der Waals surface area contributed by atoms with E-state index in [0.717, 1.165) is 18.4 Å². The first-order valence-electron chi connectivity index (χ1n) is 7.00. The zero-order chi connectivity index (χ0) is 15.4. The van der Waals surface area contributed by atoms with Crippen LogP contribution in [0.5, 0.6) is 0 Å². The van der Waals surface area contributed by atoms with Crippen LogP contribution in [-0.4, -0.2) is 32.4 Å². The molecule has 0 radical (unpaired) electrons. The number of carboxylic acid groups (broad SMARTS) is 1. The molecule has 0 spiro atoms. The number of aromatic nitrogens is 2. The summed E-state index contributed by atoms with van der Waals surface area (Å²) in [6.45, 7) is 3.92. The van der Waals surface area contributed by atoms with Crippen LogP contribution in [0.1, 0.15) is 42.2 Å². The Morgan fingerprint density at radius 1 is 1.48 bits per heavy atom. The SMILES string of the molecule is CCCCC(NC(=O)c1cn2ccc(C)cc2n1)C(=O)O. The van der Waals surface area contributed by atoms with E-state index in [-0.39, 0.29) is 5.69 Å². The van der Waals surface area contributed by atoms with Crippen LogP contribution < -0.4 is 5.32 Å². The molecule has 0 aliphatic rings. The molecule has 0 aromatic carbocycles. The van der Waals surface area contributed by atoms with Gasteiger partial charge in [-0.05, 0) is 31.0 Å². The number of carbonyl (C=O) groups is 2. The molecular weight excluding hydrogens is 270 g/mol. The molecule has 0 aliphatic carbocycles. The number of carbonyl (C=O) groups excluding carboxylic acids is 1. The lowest BCUT2D eigenvalue weighted by Crippen LogP contribution is -2.40. The van der Waals surface area contributed by atoms with E-state index in [1.165, 1.54) is 0 Å². The standard InChI is InChI=1S/C15H19N3O3/c1-3-4-5-11(15(20)21)17-14(19)12-9-18-7-6-10(2)8-13(18)16-12/h6-9,11H,3-5H2,1-2H3,(H,17,19)(H,20,21). The molecule has 0 fully saturated rings. The van der Waals surface area contributed by atoms with E-state index in [4.69, 9.17) is 5.11 Å². The molecule has 0 saturated carbocycles. The maximum atomic E-state index is 12.1. The molecule has 21 heavy (non-hydrogen) atoms. The highest BCUT2D eigenvalue weighted by Crippen LogP contribution is 2.09. The highest BCUT2D eigenvalue weighted by molar-refractivity contribution is 5.95. The summed E-state index contributed by atoms with van der Waals surface area (Å²) >= 11 is 0. The Labute approximate surface area is 122 Å². The first kappa shape index (κ1) is 15.0. The first-order valence-corrected chi connectivity index (χ1v) is 7.00. The highest BCUT2D eigenvalue weighted by Gasteiger charge is 2.21. The van der Waals surface area contributed by atoms with Gasteiger partial charge in [0.25, 0.3) is 5.91 Å². The number of amides is 1. The van der Waals surface area contributed by atoms with Gasteiger partial charge in [0.2, 0.25) is 0 Å². The molecule has 2 aromatic rings. The molecule has 2 rings (SSSR count). The molecule has 1 unspecified atom stereocenters. The van der Waals surface area contributed by atoms with Crippen LogP contribution >= 0.6 is 0 Å². The number of hydrogen-bond donors (Lipinski definition) is 2. The van der Waals surface area contributed by atoms with Crippen molar-refractivity contribution in [3.8, 4) is 0 Å². The Balaban J connectivity index is 2.15. The Bertz CT molecular complexity index is 663. The van der Waals surface area contributed by atoms with Crippen molar-refractivity contribution >= 4 is 17.5 Å². The van der Waals surface area contributed by atoms with Crippen LogP contribution in [-0.2, 0) is 4.79 Å². The molecule has 2 aromatic heterocycles. The quantitative estimate of drug-likeness (QED) is 0.852. The van der Waals surface area contributed by atoms with Gasteiger partial charge in [-0.1, -0.05) is 19.8 Å². The zero-order valence-corrected chi connectivity index (χ0v) is 12.2. The number of rotatable bonds is 6. The van der Waals surface area contributed by atoms with Gasteiger partial charge < -0.3 is 14.8 Å². The van der Waals surface area contributed by atoms with E-state index < -0.39 is 17.9 Å². The molecular formula is C15H19N3O3. The summed E-state index contributed by atoms with van der Waals surface area (Å²) in [7, 11) is 0. The predicted octanol–water partition coefficient (Wildman–Crippen LogP) is 2.02. The van der Waals surface area contributed by atoms with E-state index in [0.29, 0.717) is 12.1 Å². The molecule has 6 heteroatoms. The van der Waals surface area contributed by atoms with Crippen molar-refractivity contribution in [3.63, 3.8) is 0 Å². The normalized spacial score (nSPS) is 12.3. The lowest BCUT2D eigenvalue weighted by atomic mass is 10.1. The largest absolute Gasteiger partial charge is 0.480 e. The maximum absolute atomic E-state index is 12.1. The molecule has 112 valence electrons. The fourth-order valence-electron chi connectivity index (χ4n) is 2.09. The van der Waals surface area contributed by atoms with E-state index in [9.17, 15) is 9.59 Å². The monoisotopic (exact) mass is 289 g/mol. The number of unbranched alkanes of at least 4 members (excludes halogenated alkanes) is 1. The average Bonchev–Trinajstić information content (AvgIpc) is 2.85. The zero-order valence-electron chi connectivity index (χ0n) is 12.2. The number of nitrogens with zero attached hydrogens (tertiary/aromatic N) is 2. The van der Waals surface area contributed by atoms with Crippen molar-refractivity contribution in [1.82, 2.24) is 14.7 Å². The average molecular weight is 289 g/mol. The molecule has 1 amide bonds. The van der Waals surface area contributed by atoms with Gasteiger partial charge in [0.05, 0.1) is 0 Å². The summed E-state index contributed by atoms with van der Waals surface area (Å²) < 4.78 is 1.74. The highest BCUT2D eigenvalue weighted by atomic mass is 16.4. The third kappa shape index (κ3) is 3.59. The number of hydrogen-bond acceptors (Lipinski definition) is 3. The van der Waals surface area contributed by atoms with Gasteiger partial charge in [0.15, 0.2) is 0 Å². The third-order valence-corrected chi connectivity index (χ3v) is 3.30. The van der Waals surface area contributed by atoms with Crippen molar-refractivity contribution in [2.24, 2.45) is 0 Å². The summed E-state index contributed by atoms with van der Waals surface area (Å²) in [5.41, 5.74) is 1.94. The molecule has 2 heterocycles. The summed E-state index contributed by atoms with van der Waals surface area (Å²) in [6.07, 6.45) is 5.47. The minimum absolute atomic E-state index is 0.225. The number of fused-ring (bicyclic) bond motifs is 1. The number of pyridine rings is 1. The van der Waals surface area contributed by atoms with E-state index in [2.05, 4.69) is 10.3 Å². The van der Waals surface area contributed by atoms with E-state index in [1.54, 1.807) is 10.6 Å². The fraction of sp³-hybridized carbons (Fsp3) is 0.400. The van der Waals surface area contributed by atoms with Gasteiger partial charge in [-0.25, -0.2) is 9.78 Å². The summed E-state index contributed by atoms with van der Waals surface area (Å²) in [5.74, 6) is -1.48. The second-order valence-electron chi connectivity index (χ2n) is 5.10. The summed E-state index contributed by atoms with van der Waals surface area (Å²) in [6, 6.07) is 2.91. The van der Waals surface area contributed by atoms with Crippen molar-refractivity contribution < 1.29 is 14.7 Å². The van der Waals surface area contributed by atoms with Gasteiger partial charge in [-0.15, -0.1) is 0 Å². The molecule has 0 bridgehead atoms. The number of imidazole rings is 1. The van der Waals surface area contributed by atoms with E-state index >= 15 is 0 Å². The van der Waals surface area contributed by atoms with Crippen molar-refractivity contribution in [3.05, 3.63) is 35.8 Å². The van der Waals surface area contributed by atoms with Crippen LogP contribution in [0.15, 0.2) is 24.5 Å². The molecule has 6 nitrogen and oxygen atoms in total. The van der Waals surface area contributed by atoms with Crippen molar-refractivity contribution in [2.45, 2.75) is 39.2 Å². The molecule has 0 saturated heterocycles. The Morgan fingerprint density at radius 3 is 2.90 bits per heavy atom. The topological polar surface area (TPSA) is 83.7 Å². The van der Waals surface area contributed by atoms with Gasteiger partial charge in [-0.2, -0.15) is 0 Å². The number of nitrogens with one attached hydrogen (secondary N) is 1. The minimum Gasteiger partial charge on any atom is -0.480 e. The number of carboxylic acids is 1. The Morgan fingerprint density at radius 2 is 2.24 bits per heavy atom. The Kier molecular flexibility index (Phi) is 4.57. The van der Waals surface area contributed by atoms with Crippen LogP contribution in [0, 0.1) is 6.92 Å². The second-order valence-corrected chi connectivity index (χ2v) is 5.10. The number of aliphatic carboxylic acids is 1. The van der Waals surface area contributed by atoms with Crippen molar-refractivity contribution in [2.75, 3.05) is 0 Å². The lowest BCUT2D eigenvalue weighted by Gasteiger charge is -2.12. The van der Waals surface area contributed by atoms with Crippen LogP contribution in [0.4, 0.5) is 0 Å². The number of aryl methyl sites for hydroxylation is 1. The van der Waals surface area contributed by atoms with Crippen LogP contribution in [0.2, 0.25) is 0 Å². The van der Waals surface area contributed by atoms with Crippen LogP contribution in [0.25, 0.3) is 5.65 Å². The molecule has 2 N–H and O–H groups in total. The van der Waals surface area contributed by atoms with Gasteiger partial charge >= 0.3 is 5.97 Å². The smallest absolute Gasteiger partial charge is 0.326 e. The van der Waals surface area contributed by atoms with E-state index in [1.807, 2.05) is 32.2 Å². The molecule has 1 atom stereocenters. The van der Waals surface area contributed by atoms with Gasteiger partial charge in [-0.3, -0.25) is 4.79 Å². The summed E-state index contributed by atoms with van der Waals surface area (Å²) in [4.78, 5) is 27.5. The fourth-order valence-corrected chi connectivity index (χ4v) is 2.09. The maximum Gasteiger partial charge on any atom is 0.326 e. The van der Waals surface area contributed by atoms with Gasteiger partial charge in [0.1, 0.15) is 17.4 Å². The minimum atomic E-state index is -1.02. The Hall–Kier alpha value is -2.37. The molecule has 0 aliphatic heterocycles. The van der Waals surface area contributed by atoms with Crippen molar-refractivity contribution in [1.29, 1.82) is 0 Å². The lowest BCUT2D eigenvalue weighted by molar-refractivity contribution is -0.139.